The zero-order chi connectivity index (χ0) is 41.5. The molecule has 0 N–H and O–H groups in total. The lowest BCUT2D eigenvalue weighted by Gasteiger charge is -2.41. The number of ether oxygens (including phenoxy) is 1. The quantitative estimate of drug-likeness (QED) is 0.244. The number of likely N-dealkylation sites (N-methyl/N-ethyl adjacent to an activating group) is 2. The predicted molar refractivity (Wildman–Crippen MR) is 239 cm³/mol. The SMILES string of the molecule is CC(C)(C)N1CCOCC1.CC1CCN(C(C)(C)C)C1.CC1CCN(C(C)(C)C)CC1.CN1CCCN(C(C)(C)C)CC1.CN1CCN(C(C)(C)C)CC1. The zero-order valence-electron chi connectivity index (χ0n) is 40.3. The number of hydrogen-bond donors (Lipinski definition) is 0. The van der Waals surface area contributed by atoms with E-state index in [9.17, 15) is 0 Å². The Kier molecular flexibility index (Phi) is 22.3. The first kappa shape index (κ1) is 51.7. The summed E-state index contributed by atoms with van der Waals surface area (Å²) in [5.41, 5.74) is 1.82. The van der Waals surface area contributed by atoms with Crippen LogP contribution in [0, 0.1) is 11.8 Å². The molecule has 0 saturated carbocycles. The van der Waals surface area contributed by atoms with E-state index in [4.69, 9.17) is 4.74 Å². The minimum atomic E-state index is 0.323. The van der Waals surface area contributed by atoms with Gasteiger partial charge < -0.3 is 14.5 Å². The van der Waals surface area contributed by atoms with E-state index < -0.39 is 0 Å². The second kappa shape index (κ2) is 23.3. The highest BCUT2D eigenvalue weighted by atomic mass is 16.5. The third-order valence-corrected chi connectivity index (χ3v) is 12.2. The van der Waals surface area contributed by atoms with Gasteiger partial charge in [0.25, 0.3) is 0 Å². The van der Waals surface area contributed by atoms with Gasteiger partial charge in [-0.15, -0.1) is 0 Å². The van der Waals surface area contributed by atoms with Crippen LogP contribution in [0.25, 0.3) is 0 Å². The summed E-state index contributed by atoms with van der Waals surface area (Å²) in [6, 6.07) is 0. The van der Waals surface area contributed by atoms with Gasteiger partial charge in [0.1, 0.15) is 0 Å². The Balaban J connectivity index is 0.000000338. The van der Waals surface area contributed by atoms with Crippen LogP contribution < -0.4 is 0 Å². The van der Waals surface area contributed by atoms with Crippen molar-refractivity contribution >= 4 is 0 Å². The van der Waals surface area contributed by atoms with Gasteiger partial charge in [0.05, 0.1) is 13.2 Å². The van der Waals surface area contributed by atoms with Crippen molar-refractivity contribution in [2.24, 2.45) is 11.8 Å². The molecular weight excluding hydrogens is 667 g/mol. The van der Waals surface area contributed by atoms with E-state index in [1.807, 2.05) is 0 Å². The van der Waals surface area contributed by atoms with Gasteiger partial charge in [-0.3, -0.25) is 24.5 Å². The third-order valence-electron chi connectivity index (χ3n) is 12.2. The summed E-state index contributed by atoms with van der Waals surface area (Å²) in [5.74, 6) is 1.87. The average molecular weight is 766 g/mol. The van der Waals surface area contributed by atoms with Gasteiger partial charge in [-0.2, -0.15) is 0 Å². The summed E-state index contributed by atoms with van der Waals surface area (Å²) in [4.78, 5) is 17.6. The number of piperidine rings is 1. The van der Waals surface area contributed by atoms with Crippen LogP contribution in [0.3, 0.4) is 0 Å². The fourth-order valence-corrected chi connectivity index (χ4v) is 7.65. The van der Waals surface area contributed by atoms with Crippen molar-refractivity contribution in [1.29, 1.82) is 0 Å². The number of rotatable bonds is 0. The summed E-state index contributed by atoms with van der Waals surface area (Å²) < 4.78 is 5.25. The highest BCUT2D eigenvalue weighted by Gasteiger charge is 2.28. The van der Waals surface area contributed by atoms with Gasteiger partial charge in [-0.1, -0.05) is 13.8 Å². The number of piperazine rings is 1. The molecule has 0 aromatic heterocycles. The van der Waals surface area contributed by atoms with Gasteiger partial charge in [-0.05, 0) is 188 Å². The Labute approximate surface area is 340 Å². The second-order valence-electron chi connectivity index (χ2n) is 22.4. The van der Waals surface area contributed by atoms with E-state index in [1.165, 1.54) is 104 Å². The van der Waals surface area contributed by atoms with Crippen LogP contribution >= 0.6 is 0 Å². The molecule has 5 fully saturated rings. The van der Waals surface area contributed by atoms with E-state index in [-0.39, 0.29) is 0 Å². The lowest BCUT2D eigenvalue weighted by Crippen LogP contribution is -2.52. The van der Waals surface area contributed by atoms with Crippen molar-refractivity contribution < 1.29 is 4.74 Å². The van der Waals surface area contributed by atoms with E-state index >= 15 is 0 Å². The molecule has 5 aliphatic heterocycles. The standard InChI is InChI=1S/C10H22N2.C10H21N.C9H20N2.C9H19N.C8H17NO/c1-10(2,3)12-7-5-6-11(4)8-9-12;1-9-5-7-11(8-6-9)10(2,3)4;1-9(2,3)11-7-5-10(4)6-8-11;1-8-5-6-10(7-8)9(2,3)4;1-8(2,3)9-4-6-10-7-5-9/h5-9H2,1-4H3;9H,5-8H2,1-4H3;5-8H2,1-4H3;8H,5-7H2,1-4H3;4-7H2,1-3H3. The van der Waals surface area contributed by atoms with Crippen molar-refractivity contribution in [3.63, 3.8) is 0 Å². The average Bonchev–Trinajstić information content (AvgIpc) is 3.38. The minimum absolute atomic E-state index is 0.323. The molecule has 5 heterocycles. The molecule has 5 saturated heterocycles. The highest BCUT2D eigenvalue weighted by molar-refractivity contribution is 4.84. The maximum atomic E-state index is 5.25. The Morgan fingerprint density at radius 1 is 0.352 bits per heavy atom. The van der Waals surface area contributed by atoms with E-state index in [0.717, 1.165) is 38.1 Å². The summed E-state index contributed by atoms with van der Waals surface area (Å²) in [6.45, 7) is 58.0. The summed E-state index contributed by atoms with van der Waals surface area (Å²) in [7, 11) is 4.41. The van der Waals surface area contributed by atoms with Gasteiger partial charge in [0.2, 0.25) is 0 Å². The monoisotopic (exact) mass is 766 g/mol. The van der Waals surface area contributed by atoms with Crippen LogP contribution in [-0.2, 0) is 4.74 Å². The van der Waals surface area contributed by atoms with Gasteiger partial charge in [0, 0.05) is 86.6 Å². The van der Waals surface area contributed by atoms with Crippen molar-refractivity contribution in [2.45, 2.75) is 171 Å². The molecule has 1 unspecified atom stereocenters. The molecule has 8 heteroatoms. The highest BCUT2D eigenvalue weighted by Crippen LogP contribution is 2.24. The summed E-state index contributed by atoms with van der Waals surface area (Å²) in [6.07, 6.45) is 5.47. The van der Waals surface area contributed by atoms with Crippen LogP contribution in [0.5, 0.6) is 0 Å². The smallest absolute Gasteiger partial charge is 0.0594 e. The topological polar surface area (TPSA) is 31.9 Å². The molecule has 0 amide bonds. The molecule has 0 aromatic rings. The van der Waals surface area contributed by atoms with Crippen LogP contribution in [0.4, 0.5) is 0 Å². The molecule has 324 valence electrons. The first-order chi connectivity index (χ1) is 24.6. The zero-order valence-corrected chi connectivity index (χ0v) is 40.3. The van der Waals surface area contributed by atoms with Crippen LogP contribution in [0.15, 0.2) is 0 Å². The normalized spacial score (nSPS) is 24.8. The van der Waals surface area contributed by atoms with Crippen molar-refractivity contribution in [3.8, 4) is 0 Å². The first-order valence-corrected chi connectivity index (χ1v) is 22.3. The number of morpholine rings is 1. The molecular formula is C46H99N7O. The molecule has 5 aliphatic rings. The largest absolute Gasteiger partial charge is 0.379 e. The van der Waals surface area contributed by atoms with Crippen LogP contribution in [0.2, 0.25) is 0 Å². The maximum absolute atomic E-state index is 5.25. The Bertz CT molecular complexity index is 901. The Morgan fingerprint density at radius 3 is 1.00 bits per heavy atom. The van der Waals surface area contributed by atoms with Gasteiger partial charge in [-0.25, -0.2) is 0 Å². The van der Waals surface area contributed by atoms with Crippen molar-refractivity contribution in [2.75, 3.05) is 119 Å². The summed E-state index contributed by atoms with van der Waals surface area (Å²) >= 11 is 0. The lowest BCUT2D eigenvalue weighted by molar-refractivity contribution is -0.00389. The predicted octanol–water partition coefficient (Wildman–Crippen LogP) is 8.22. The molecule has 8 nitrogen and oxygen atoms in total. The molecule has 0 aliphatic carbocycles. The Morgan fingerprint density at radius 2 is 0.667 bits per heavy atom. The van der Waals surface area contributed by atoms with Gasteiger partial charge in [0.15, 0.2) is 0 Å². The molecule has 0 aromatic carbocycles. The molecule has 5 rings (SSSR count). The van der Waals surface area contributed by atoms with Gasteiger partial charge >= 0.3 is 0 Å². The molecule has 54 heavy (non-hydrogen) atoms. The minimum Gasteiger partial charge on any atom is -0.379 e. The summed E-state index contributed by atoms with van der Waals surface area (Å²) in [5, 5.41) is 0. The number of likely N-dealkylation sites (tertiary alicyclic amines) is 2. The number of hydrogen-bond acceptors (Lipinski definition) is 8. The maximum Gasteiger partial charge on any atom is 0.0594 e. The molecule has 0 spiro atoms. The first-order valence-electron chi connectivity index (χ1n) is 22.3. The fourth-order valence-electron chi connectivity index (χ4n) is 7.65. The van der Waals surface area contributed by atoms with E-state index in [2.05, 4.69) is 166 Å². The molecule has 1 atom stereocenters. The van der Waals surface area contributed by atoms with Crippen LogP contribution in [0.1, 0.15) is 143 Å². The second-order valence-corrected chi connectivity index (χ2v) is 22.4. The molecule has 0 bridgehead atoms. The molecule has 0 radical (unpaired) electrons. The fraction of sp³-hybridized carbons (Fsp3) is 1.00. The van der Waals surface area contributed by atoms with Crippen LogP contribution in [-0.4, -0.2) is 181 Å². The number of nitrogens with zero attached hydrogens (tertiary/aromatic N) is 7. The van der Waals surface area contributed by atoms with E-state index in [0.29, 0.717) is 27.7 Å². The van der Waals surface area contributed by atoms with Crippen molar-refractivity contribution in [1.82, 2.24) is 34.3 Å². The van der Waals surface area contributed by atoms with Crippen molar-refractivity contribution in [3.05, 3.63) is 0 Å². The Hall–Kier alpha value is -0.320. The van der Waals surface area contributed by atoms with E-state index in [1.54, 1.807) is 0 Å². The third kappa shape index (κ3) is 22.0. The lowest BCUT2D eigenvalue weighted by atomic mass is 9.95.